The molecule has 0 aromatic carbocycles. The van der Waals surface area contributed by atoms with E-state index >= 15 is 0 Å². The predicted octanol–water partition coefficient (Wildman–Crippen LogP) is 7.35. The lowest BCUT2D eigenvalue weighted by molar-refractivity contribution is -0.139. The van der Waals surface area contributed by atoms with Gasteiger partial charge < -0.3 is 4.74 Å². The van der Waals surface area contributed by atoms with Crippen LogP contribution in [0.5, 0.6) is 0 Å². The first-order valence-corrected chi connectivity index (χ1v) is 11.2. The van der Waals surface area contributed by atoms with E-state index in [0.717, 1.165) is 6.42 Å². The smallest absolute Gasteiger partial charge is 0.333 e. The van der Waals surface area contributed by atoms with Gasteiger partial charge in [0, 0.05) is 10.9 Å². The molecule has 0 radical (unpaired) electrons. The molecule has 0 aromatic heterocycles. The number of halogens is 1. The summed E-state index contributed by atoms with van der Waals surface area (Å²) in [5.74, 6) is -0.177. The molecular weight excluding hydrogens is 364 g/mol. The van der Waals surface area contributed by atoms with E-state index in [9.17, 15) is 4.79 Å². The van der Waals surface area contributed by atoms with Crippen molar-refractivity contribution in [2.75, 3.05) is 11.9 Å². The second kappa shape index (κ2) is 19.0. The number of carbonyl (C=O) groups excluding carboxylic acids is 1. The fourth-order valence-electron chi connectivity index (χ4n) is 2.77. The number of esters is 1. The van der Waals surface area contributed by atoms with E-state index in [1.54, 1.807) is 6.92 Å². The zero-order chi connectivity index (χ0) is 17.9. The van der Waals surface area contributed by atoms with Gasteiger partial charge in [0.25, 0.3) is 0 Å². The minimum Gasteiger partial charge on any atom is -0.462 e. The standard InChI is InChI=1S/C21H39BrO2/c1-3-4-5-6-7-8-9-10-11-12-13-14-15-16-19-24-21(23)20(2)17-18-22/h17H,3-16,18-19H2,1-2H3. The van der Waals surface area contributed by atoms with Crippen molar-refractivity contribution in [3.8, 4) is 0 Å². The second-order valence-corrected chi connectivity index (χ2v) is 7.42. The Kier molecular flexibility index (Phi) is 18.8. The van der Waals surface area contributed by atoms with Crippen LogP contribution in [0.25, 0.3) is 0 Å². The Balaban J connectivity index is 3.18. The fraction of sp³-hybridized carbons (Fsp3) is 0.857. The molecule has 142 valence electrons. The molecule has 0 unspecified atom stereocenters. The lowest BCUT2D eigenvalue weighted by Crippen LogP contribution is -2.07. The third kappa shape index (κ3) is 16.5. The summed E-state index contributed by atoms with van der Waals surface area (Å²) in [6.45, 7) is 4.63. The van der Waals surface area contributed by atoms with Crippen LogP contribution in [-0.4, -0.2) is 17.9 Å². The minimum atomic E-state index is -0.177. The SMILES string of the molecule is CCCCCCCCCCCCCCCCOC(=O)C(C)=CCBr. The van der Waals surface area contributed by atoms with Crippen molar-refractivity contribution in [1.29, 1.82) is 0 Å². The molecule has 0 atom stereocenters. The van der Waals surface area contributed by atoms with Gasteiger partial charge in [0.1, 0.15) is 0 Å². The van der Waals surface area contributed by atoms with E-state index in [1.807, 2.05) is 6.08 Å². The zero-order valence-corrected chi connectivity index (χ0v) is 17.7. The Bertz CT molecular complexity index is 313. The Morgan fingerprint density at radius 1 is 0.792 bits per heavy atom. The summed E-state index contributed by atoms with van der Waals surface area (Å²) in [6, 6.07) is 0. The van der Waals surface area contributed by atoms with Gasteiger partial charge in [-0.2, -0.15) is 0 Å². The molecule has 0 saturated carbocycles. The maximum absolute atomic E-state index is 11.6. The number of alkyl halides is 1. The van der Waals surface area contributed by atoms with Crippen LogP contribution in [0.3, 0.4) is 0 Å². The maximum Gasteiger partial charge on any atom is 0.333 e. The molecule has 0 fully saturated rings. The maximum atomic E-state index is 11.6. The molecule has 3 heteroatoms. The highest BCUT2D eigenvalue weighted by Crippen LogP contribution is 2.13. The number of unbranched alkanes of at least 4 members (excludes halogenated alkanes) is 13. The van der Waals surface area contributed by atoms with Gasteiger partial charge >= 0.3 is 5.97 Å². The van der Waals surface area contributed by atoms with E-state index in [0.29, 0.717) is 17.5 Å². The number of carbonyl (C=O) groups is 1. The first-order valence-electron chi connectivity index (χ1n) is 10.1. The van der Waals surface area contributed by atoms with Crippen LogP contribution < -0.4 is 0 Å². The van der Waals surface area contributed by atoms with E-state index in [-0.39, 0.29) is 5.97 Å². The zero-order valence-electron chi connectivity index (χ0n) is 16.1. The quantitative estimate of drug-likeness (QED) is 0.110. The third-order valence-electron chi connectivity index (χ3n) is 4.44. The molecular formula is C21H39BrO2. The monoisotopic (exact) mass is 402 g/mol. The summed E-state index contributed by atoms with van der Waals surface area (Å²) in [4.78, 5) is 11.6. The number of rotatable bonds is 17. The topological polar surface area (TPSA) is 26.3 Å². The first kappa shape index (κ1) is 23.7. The number of hydrogen-bond donors (Lipinski definition) is 0. The Labute approximate surface area is 158 Å². The van der Waals surface area contributed by atoms with Gasteiger partial charge in [0.15, 0.2) is 0 Å². The van der Waals surface area contributed by atoms with Gasteiger partial charge in [-0.3, -0.25) is 0 Å². The summed E-state index contributed by atoms with van der Waals surface area (Å²) in [7, 11) is 0. The van der Waals surface area contributed by atoms with Gasteiger partial charge in [-0.25, -0.2) is 4.79 Å². The van der Waals surface area contributed by atoms with E-state index < -0.39 is 0 Å². The third-order valence-corrected chi connectivity index (χ3v) is 4.76. The highest BCUT2D eigenvalue weighted by atomic mass is 79.9. The predicted molar refractivity (Wildman–Crippen MR) is 109 cm³/mol. The van der Waals surface area contributed by atoms with E-state index in [4.69, 9.17) is 4.74 Å². The van der Waals surface area contributed by atoms with Crippen molar-refractivity contribution in [1.82, 2.24) is 0 Å². The van der Waals surface area contributed by atoms with E-state index in [2.05, 4.69) is 22.9 Å². The van der Waals surface area contributed by atoms with Gasteiger partial charge in [-0.1, -0.05) is 112 Å². The van der Waals surface area contributed by atoms with E-state index in [1.165, 1.54) is 83.5 Å². The number of hydrogen-bond acceptors (Lipinski definition) is 2. The van der Waals surface area contributed by atoms with Crippen molar-refractivity contribution in [2.45, 2.75) is 104 Å². The summed E-state index contributed by atoms with van der Waals surface area (Å²) >= 11 is 3.28. The largest absolute Gasteiger partial charge is 0.462 e. The molecule has 0 spiro atoms. The Hall–Kier alpha value is -0.310. The molecule has 0 rings (SSSR count). The van der Waals surface area contributed by atoms with Crippen LogP contribution >= 0.6 is 15.9 Å². The number of allylic oxidation sites excluding steroid dienone is 1. The van der Waals surface area contributed by atoms with Crippen LogP contribution in [0.15, 0.2) is 11.6 Å². The Morgan fingerprint density at radius 2 is 1.21 bits per heavy atom. The molecule has 0 aliphatic heterocycles. The van der Waals surface area contributed by atoms with Crippen molar-refractivity contribution in [2.24, 2.45) is 0 Å². The van der Waals surface area contributed by atoms with Crippen LogP contribution in [0, 0.1) is 0 Å². The normalized spacial score (nSPS) is 11.7. The molecule has 0 heterocycles. The van der Waals surface area contributed by atoms with Crippen molar-refractivity contribution < 1.29 is 9.53 Å². The molecule has 24 heavy (non-hydrogen) atoms. The van der Waals surface area contributed by atoms with Crippen LogP contribution in [-0.2, 0) is 9.53 Å². The molecule has 0 N–H and O–H groups in total. The highest BCUT2D eigenvalue weighted by molar-refractivity contribution is 9.09. The second-order valence-electron chi connectivity index (χ2n) is 6.77. The average Bonchev–Trinajstić information content (AvgIpc) is 2.58. The number of ether oxygens (including phenoxy) is 1. The van der Waals surface area contributed by atoms with Crippen molar-refractivity contribution >= 4 is 21.9 Å². The summed E-state index contributed by atoms with van der Waals surface area (Å²) < 4.78 is 5.24. The average molecular weight is 403 g/mol. The van der Waals surface area contributed by atoms with Crippen LogP contribution in [0.1, 0.15) is 104 Å². The van der Waals surface area contributed by atoms with Crippen LogP contribution in [0.2, 0.25) is 0 Å². The molecule has 0 aromatic rings. The molecule has 0 aliphatic carbocycles. The van der Waals surface area contributed by atoms with Gasteiger partial charge in [-0.05, 0) is 13.3 Å². The van der Waals surface area contributed by atoms with Gasteiger partial charge in [0.05, 0.1) is 6.61 Å². The fourth-order valence-corrected chi connectivity index (χ4v) is 3.26. The molecule has 0 amide bonds. The first-order chi connectivity index (χ1) is 11.7. The van der Waals surface area contributed by atoms with Crippen molar-refractivity contribution in [3.05, 3.63) is 11.6 Å². The minimum absolute atomic E-state index is 0.177. The van der Waals surface area contributed by atoms with Crippen LogP contribution in [0.4, 0.5) is 0 Å². The lowest BCUT2D eigenvalue weighted by Gasteiger charge is -2.05. The summed E-state index contributed by atoms with van der Waals surface area (Å²) in [5, 5.41) is 0.701. The van der Waals surface area contributed by atoms with Gasteiger partial charge in [-0.15, -0.1) is 0 Å². The molecule has 2 nitrogen and oxygen atoms in total. The summed E-state index contributed by atoms with van der Waals surface area (Å²) in [5.41, 5.74) is 0.692. The molecule has 0 aliphatic rings. The summed E-state index contributed by atoms with van der Waals surface area (Å²) in [6.07, 6.45) is 20.7. The molecule has 0 saturated heterocycles. The van der Waals surface area contributed by atoms with Gasteiger partial charge in [0.2, 0.25) is 0 Å². The highest BCUT2D eigenvalue weighted by Gasteiger charge is 2.04. The Morgan fingerprint density at radius 3 is 1.62 bits per heavy atom. The van der Waals surface area contributed by atoms with Crippen molar-refractivity contribution in [3.63, 3.8) is 0 Å². The molecule has 0 bridgehead atoms. The lowest BCUT2D eigenvalue weighted by atomic mass is 10.0.